The lowest BCUT2D eigenvalue weighted by Gasteiger charge is -2.16. The molecule has 0 bridgehead atoms. The first-order valence-electron chi connectivity index (χ1n) is 6.74. The summed E-state index contributed by atoms with van der Waals surface area (Å²) in [5.74, 6) is 0.716. The molecule has 0 aromatic heterocycles. The van der Waals surface area contributed by atoms with Gasteiger partial charge in [-0.2, -0.15) is 0 Å². The Bertz CT molecular complexity index is 511. The van der Waals surface area contributed by atoms with Crippen molar-refractivity contribution >= 4 is 0 Å². The summed E-state index contributed by atoms with van der Waals surface area (Å²) in [7, 11) is 1.64. The third-order valence-electron chi connectivity index (χ3n) is 3.09. The largest absolute Gasteiger partial charge is 0.491 e. The highest BCUT2D eigenvalue weighted by Gasteiger charge is 2.13. The van der Waals surface area contributed by atoms with Gasteiger partial charge in [0.25, 0.3) is 0 Å². The molecule has 20 heavy (non-hydrogen) atoms. The first-order valence-corrected chi connectivity index (χ1v) is 6.74. The van der Waals surface area contributed by atoms with E-state index in [1.807, 2.05) is 54.6 Å². The molecule has 0 aliphatic rings. The summed E-state index contributed by atoms with van der Waals surface area (Å²) in [5.41, 5.74) is 1.92. The maximum atomic E-state index is 10.4. The number of hydrogen-bond donors (Lipinski definition) is 1. The van der Waals surface area contributed by atoms with Crippen LogP contribution in [0.5, 0.6) is 5.75 Å². The van der Waals surface area contributed by atoms with E-state index >= 15 is 0 Å². The third-order valence-corrected chi connectivity index (χ3v) is 3.09. The van der Waals surface area contributed by atoms with Crippen molar-refractivity contribution in [3.8, 4) is 5.75 Å². The number of benzene rings is 2. The predicted molar refractivity (Wildman–Crippen MR) is 78.9 cm³/mol. The highest BCUT2D eigenvalue weighted by Crippen LogP contribution is 2.27. The summed E-state index contributed by atoms with van der Waals surface area (Å²) in [4.78, 5) is 0. The van der Waals surface area contributed by atoms with Gasteiger partial charge in [0.1, 0.15) is 12.4 Å². The van der Waals surface area contributed by atoms with Crippen LogP contribution in [0.25, 0.3) is 0 Å². The SMILES string of the molecule is COCCOc1ccccc1C(O)Cc1ccccc1. The van der Waals surface area contributed by atoms with Crippen molar-refractivity contribution in [1.82, 2.24) is 0 Å². The summed E-state index contributed by atoms with van der Waals surface area (Å²) >= 11 is 0. The Morgan fingerprint density at radius 2 is 1.65 bits per heavy atom. The highest BCUT2D eigenvalue weighted by molar-refractivity contribution is 5.36. The van der Waals surface area contributed by atoms with Crippen LogP contribution in [0.3, 0.4) is 0 Å². The zero-order chi connectivity index (χ0) is 14.2. The number of aliphatic hydroxyl groups is 1. The lowest BCUT2D eigenvalue weighted by molar-refractivity contribution is 0.138. The number of para-hydroxylation sites is 1. The first-order chi connectivity index (χ1) is 9.81. The van der Waals surface area contributed by atoms with Crippen molar-refractivity contribution in [3.05, 3.63) is 65.7 Å². The van der Waals surface area contributed by atoms with E-state index in [1.54, 1.807) is 7.11 Å². The minimum absolute atomic E-state index is 0.478. The second kappa shape index (κ2) is 7.68. The van der Waals surface area contributed by atoms with E-state index in [-0.39, 0.29) is 0 Å². The second-order valence-electron chi connectivity index (χ2n) is 4.58. The van der Waals surface area contributed by atoms with Gasteiger partial charge in [-0.15, -0.1) is 0 Å². The fourth-order valence-corrected chi connectivity index (χ4v) is 2.07. The Balaban J connectivity index is 2.07. The molecule has 0 amide bonds. The second-order valence-corrected chi connectivity index (χ2v) is 4.58. The Morgan fingerprint density at radius 1 is 0.950 bits per heavy atom. The average Bonchev–Trinajstić information content (AvgIpc) is 2.49. The van der Waals surface area contributed by atoms with E-state index in [2.05, 4.69) is 0 Å². The fraction of sp³-hybridized carbons (Fsp3) is 0.294. The van der Waals surface area contributed by atoms with Crippen LogP contribution in [-0.2, 0) is 11.2 Å². The lowest BCUT2D eigenvalue weighted by Crippen LogP contribution is -2.09. The monoisotopic (exact) mass is 272 g/mol. The van der Waals surface area contributed by atoms with Crippen molar-refractivity contribution in [3.63, 3.8) is 0 Å². The zero-order valence-electron chi connectivity index (χ0n) is 11.7. The minimum Gasteiger partial charge on any atom is -0.491 e. The molecule has 2 rings (SSSR count). The topological polar surface area (TPSA) is 38.7 Å². The molecular weight excluding hydrogens is 252 g/mol. The molecule has 1 unspecified atom stereocenters. The normalized spacial score (nSPS) is 12.1. The van der Waals surface area contributed by atoms with E-state index in [0.29, 0.717) is 25.4 Å². The van der Waals surface area contributed by atoms with Gasteiger partial charge >= 0.3 is 0 Å². The number of rotatable bonds is 7. The quantitative estimate of drug-likeness (QED) is 0.787. The van der Waals surface area contributed by atoms with Crippen LogP contribution < -0.4 is 4.74 Å². The van der Waals surface area contributed by atoms with Crippen LogP contribution in [-0.4, -0.2) is 25.4 Å². The van der Waals surface area contributed by atoms with Gasteiger partial charge in [0.2, 0.25) is 0 Å². The van der Waals surface area contributed by atoms with Crippen LogP contribution in [0.1, 0.15) is 17.2 Å². The molecule has 0 aliphatic heterocycles. The molecule has 0 radical (unpaired) electrons. The van der Waals surface area contributed by atoms with Gasteiger partial charge in [-0.05, 0) is 11.6 Å². The maximum Gasteiger partial charge on any atom is 0.125 e. The van der Waals surface area contributed by atoms with Crippen LogP contribution in [0.15, 0.2) is 54.6 Å². The van der Waals surface area contributed by atoms with E-state index in [4.69, 9.17) is 9.47 Å². The fourth-order valence-electron chi connectivity index (χ4n) is 2.07. The van der Waals surface area contributed by atoms with Gasteiger partial charge < -0.3 is 14.6 Å². The Labute approximate surface area is 119 Å². The Hall–Kier alpha value is -1.84. The molecule has 2 aromatic carbocycles. The first kappa shape index (κ1) is 14.6. The van der Waals surface area contributed by atoms with Gasteiger partial charge in [-0.3, -0.25) is 0 Å². The smallest absolute Gasteiger partial charge is 0.125 e. The van der Waals surface area contributed by atoms with Gasteiger partial charge in [-0.1, -0.05) is 48.5 Å². The predicted octanol–water partition coefficient (Wildman–Crippen LogP) is 2.99. The van der Waals surface area contributed by atoms with Gasteiger partial charge in [0.15, 0.2) is 0 Å². The van der Waals surface area contributed by atoms with Gasteiger partial charge in [0, 0.05) is 19.1 Å². The molecule has 2 aromatic rings. The van der Waals surface area contributed by atoms with Crippen molar-refractivity contribution in [1.29, 1.82) is 0 Å². The average molecular weight is 272 g/mol. The Kier molecular flexibility index (Phi) is 5.59. The van der Waals surface area contributed by atoms with Crippen molar-refractivity contribution < 1.29 is 14.6 Å². The molecule has 0 heterocycles. The van der Waals surface area contributed by atoms with Crippen molar-refractivity contribution in [2.45, 2.75) is 12.5 Å². The number of hydrogen-bond acceptors (Lipinski definition) is 3. The summed E-state index contributed by atoms with van der Waals surface area (Å²) in [6.07, 6.45) is 0.00188. The van der Waals surface area contributed by atoms with Crippen molar-refractivity contribution in [2.24, 2.45) is 0 Å². The molecule has 0 aliphatic carbocycles. The molecule has 1 atom stereocenters. The molecule has 3 nitrogen and oxygen atoms in total. The van der Waals surface area contributed by atoms with E-state index in [1.165, 1.54) is 0 Å². The van der Waals surface area contributed by atoms with Crippen LogP contribution in [0, 0.1) is 0 Å². The van der Waals surface area contributed by atoms with Gasteiger partial charge in [-0.25, -0.2) is 0 Å². The van der Waals surface area contributed by atoms with Crippen LogP contribution >= 0.6 is 0 Å². The molecule has 0 saturated heterocycles. The van der Waals surface area contributed by atoms with E-state index in [0.717, 1.165) is 11.1 Å². The van der Waals surface area contributed by atoms with Gasteiger partial charge in [0.05, 0.1) is 12.7 Å². The van der Waals surface area contributed by atoms with E-state index in [9.17, 15) is 5.11 Å². The molecule has 3 heteroatoms. The molecule has 106 valence electrons. The molecule has 1 N–H and O–H groups in total. The third kappa shape index (κ3) is 4.08. The van der Waals surface area contributed by atoms with E-state index < -0.39 is 6.10 Å². The number of methoxy groups -OCH3 is 1. The summed E-state index contributed by atoms with van der Waals surface area (Å²) < 4.78 is 10.6. The molecule has 0 saturated carbocycles. The number of aliphatic hydroxyl groups excluding tert-OH is 1. The summed E-state index contributed by atoms with van der Waals surface area (Å²) in [5, 5.41) is 10.4. The lowest BCUT2D eigenvalue weighted by atomic mass is 10.0. The van der Waals surface area contributed by atoms with Crippen molar-refractivity contribution in [2.75, 3.05) is 20.3 Å². The number of ether oxygens (including phenoxy) is 2. The standard InChI is InChI=1S/C17H20O3/c1-19-11-12-20-17-10-6-5-9-15(17)16(18)13-14-7-3-2-4-8-14/h2-10,16,18H,11-13H2,1H3. The van der Waals surface area contributed by atoms with Crippen LogP contribution in [0.4, 0.5) is 0 Å². The summed E-state index contributed by atoms with van der Waals surface area (Å²) in [6, 6.07) is 17.5. The van der Waals surface area contributed by atoms with Crippen LogP contribution in [0.2, 0.25) is 0 Å². The highest BCUT2D eigenvalue weighted by atomic mass is 16.5. The summed E-state index contributed by atoms with van der Waals surface area (Å²) in [6.45, 7) is 1.01. The minimum atomic E-state index is -0.573. The molecule has 0 spiro atoms. The maximum absolute atomic E-state index is 10.4. The molecule has 0 fully saturated rings. The molecular formula is C17H20O3. The zero-order valence-corrected chi connectivity index (χ0v) is 11.7. The Morgan fingerprint density at radius 3 is 2.40 bits per heavy atom.